The van der Waals surface area contributed by atoms with Gasteiger partial charge in [-0.15, -0.1) is 0 Å². The molecule has 0 saturated carbocycles. The van der Waals surface area contributed by atoms with Crippen molar-refractivity contribution in [1.29, 1.82) is 0 Å². The second kappa shape index (κ2) is 10.4. The van der Waals surface area contributed by atoms with Crippen LogP contribution in [0.5, 0.6) is 5.75 Å². The van der Waals surface area contributed by atoms with Crippen molar-refractivity contribution in [3.63, 3.8) is 0 Å². The van der Waals surface area contributed by atoms with E-state index in [1.807, 2.05) is 45.9 Å². The summed E-state index contributed by atoms with van der Waals surface area (Å²) in [6.45, 7) is 9.17. The van der Waals surface area contributed by atoms with Gasteiger partial charge in [-0.2, -0.15) is 0 Å². The van der Waals surface area contributed by atoms with Gasteiger partial charge >= 0.3 is 5.69 Å². The molecule has 3 aromatic rings. The SMILES string of the molecule is CCCCn1c(N)c(N(CCC(C)C)C(=O)c2cc3ccc(OCC)cc3[nH]2)c(=O)[nH]c1=O. The van der Waals surface area contributed by atoms with Crippen LogP contribution in [-0.4, -0.2) is 33.6 Å². The Morgan fingerprint density at radius 2 is 1.94 bits per heavy atom. The minimum atomic E-state index is -0.669. The molecule has 9 heteroatoms. The van der Waals surface area contributed by atoms with Crippen LogP contribution in [0.15, 0.2) is 33.9 Å². The molecule has 0 spiro atoms. The molecular formula is C24H33N5O4. The number of aromatic amines is 2. The van der Waals surface area contributed by atoms with Gasteiger partial charge in [0.15, 0.2) is 5.69 Å². The average molecular weight is 456 g/mol. The lowest BCUT2D eigenvalue weighted by atomic mass is 10.1. The van der Waals surface area contributed by atoms with Crippen LogP contribution >= 0.6 is 0 Å². The van der Waals surface area contributed by atoms with E-state index in [0.717, 1.165) is 23.7 Å². The molecule has 0 unspecified atom stereocenters. The molecule has 0 aliphatic rings. The van der Waals surface area contributed by atoms with Crippen LogP contribution in [-0.2, 0) is 6.54 Å². The van der Waals surface area contributed by atoms with Gasteiger partial charge in [-0.25, -0.2) is 4.79 Å². The van der Waals surface area contributed by atoms with Crippen molar-refractivity contribution in [2.24, 2.45) is 5.92 Å². The zero-order chi connectivity index (χ0) is 24.1. The quantitative estimate of drug-likeness (QED) is 0.431. The van der Waals surface area contributed by atoms with Gasteiger partial charge in [0, 0.05) is 30.1 Å². The molecule has 0 aliphatic heterocycles. The summed E-state index contributed by atoms with van der Waals surface area (Å²) in [5, 5.41) is 0.848. The van der Waals surface area contributed by atoms with Crippen LogP contribution in [0.1, 0.15) is 57.4 Å². The monoisotopic (exact) mass is 455 g/mol. The number of carbonyl (C=O) groups is 1. The number of fused-ring (bicyclic) bond motifs is 1. The summed E-state index contributed by atoms with van der Waals surface area (Å²) in [4.78, 5) is 45.7. The number of carbonyl (C=O) groups excluding carboxylic acids is 1. The number of rotatable bonds is 10. The molecule has 0 radical (unpaired) electrons. The summed E-state index contributed by atoms with van der Waals surface area (Å²) in [6, 6.07) is 7.29. The van der Waals surface area contributed by atoms with Crippen LogP contribution in [0.4, 0.5) is 11.5 Å². The summed E-state index contributed by atoms with van der Waals surface area (Å²) < 4.78 is 6.87. The Labute approximate surface area is 192 Å². The molecule has 0 aliphatic carbocycles. The summed E-state index contributed by atoms with van der Waals surface area (Å²) in [7, 11) is 0. The fourth-order valence-electron chi connectivity index (χ4n) is 3.70. The lowest BCUT2D eigenvalue weighted by Gasteiger charge is -2.25. The second-order valence-corrected chi connectivity index (χ2v) is 8.50. The standard InChI is InChI=1S/C24H33N5O4/c1-5-7-11-29-21(25)20(22(30)27-24(29)32)28(12-10-15(3)4)23(31)19-13-16-8-9-17(33-6-2)14-18(16)26-19/h8-9,13-15,26H,5-7,10-12,25H2,1-4H3,(H,27,30,32). The third-order valence-electron chi connectivity index (χ3n) is 5.53. The summed E-state index contributed by atoms with van der Waals surface area (Å²) >= 11 is 0. The largest absolute Gasteiger partial charge is 0.494 e. The van der Waals surface area contributed by atoms with Crippen molar-refractivity contribution >= 4 is 28.3 Å². The van der Waals surface area contributed by atoms with E-state index in [1.165, 1.54) is 9.47 Å². The molecule has 1 amide bonds. The van der Waals surface area contributed by atoms with E-state index in [4.69, 9.17) is 10.5 Å². The van der Waals surface area contributed by atoms with E-state index in [-0.39, 0.29) is 24.0 Å². The van der Waals surface area contributed by atoms with Crippen molar-refractivity contribution in [2.75, 3.05) is 23.8 Å². The molecule has 0 saturated heterocycles. The molecule has 0 atom stereocenters. The number of benzene rings is 1. The minimum absolute atomic E-state index is 0.00375. The molecular weight excluding hydrogens is 422 g/mol. The zero-order valence-corrected chi connectivity index (χ0v) is 19.7. The molecule has 9 nitrogen and oxygen atoms in total. The normalized spacial score (nSPS) is 11.3. The maximum Gasteiger partial charge on any atom is 0.330 e. The molecule has 2 heterocycles. The topological polar surface area (TPSA) is 126 Å². The fraction of sp³-hybridized carbons (Fsp3) is 0.458. The van der Waals surface area contributed by atoms with E-state index in [2.05, 4.69) is 9.97 Å². The third-order valence-corrected chi connectivity index (χ3v) is 5.53. The Balaban J connectivity index is 2.08. The first kappa shape index (κ1) is 24.2. The van der Waals surface area contributed by atoms with Crippen molar-refractivity contribution < 1.29 is 9.53 Å². The van der Waals surface area contributed by atoms with E-state index in [0.29, 0.717) is 36.9 Å². The molecule has 1 aromatic carbocycles. The number of nitrogens with two attached hydrogens (primary N) is 1. The highest BCUT2D eigenvalue weighted by atomic mass is 16.5. The number of nitrogens with one attached hydrogen (secondary N) is 2. The number of nitrogens with zero attached hydrogens (tertiary/aromatic N) is 2. The number of hydrogen-bond acceptors (Lipinski definition) is 5. The third kappa shape index (κ3) is 5.30. The molecule has 0 bridgehead atoms. The first-order chi connectivity index (χ1) is 15.8. The molecule has 4 N–H and O–H groups in total. The Bertz CT molecular complexity index is 1240. The minimum Gasteiger partial charge on any atom is -0.494 e. The Morgan fingerprint density at radius 3 is 2.61 bits per heavy atom. The lowest BCUT2D eigenvalue weighted by Crippen LogP contribution is -2.42. The molecule has 3 rings (SSSR count). The predicted octanol–water partition coefficient (Wildman–Crippen LogP) is 3.49. The van der Waals surface area contributed by atoms with Crippen molar-refractivity contribution in [2.45, 2.75) is 53.5 Å². The average Bonchev–Trinajstić information content (AvgIpc) is 3.19. The number of hydrogen-bond donors (Lipinski definition) is 3. The van der Waals surface area contributed by atoms with Crippen LogP contribution in [0, 0.1) is 5.92 Å². The van der Waals surface area contributed by atoms with Gasteiger partial charge in [0.25, 0.3) is 11.5 Å². The smallest absolute Gasteiger partial charge is 0.330 e. The van der Waals surface area contributed by atoms with Crippen LogP contribution in [0.2, 0.25) is 0 Å². The summed E-state index contributed by atoms with van der Waals surface area (Å²) in [5.41, 5.74) is 6.14. The summed E-state index contributed by atoms with van der Waals surface area (Å²) in [5.74, 6) is 0.612. The number of anilines is 2. The highest BCUT2D eigenvalue weighted by molar-refractivity contribution is 6.08. The number of ether oxygens (including phenoxy) is 1. The maximum absolute atomic E-state index is 13.6. The zero-order valence-electron chi connectivity index (χ0n) is 19.7. The molecule has 2 aromatic heterocycles. The van der Waals surface area contributed by atoms with E-state index >= 15 is 0 Å². The fourth-order valence-corrected chi connectivity index (χ4v) is 3.70. The van der Waals surface area contributed by atoms with Gasteiger partial charge in [-0.3, -0.25) is 24.0 Å². The number of H-pyrrole nitrogens is 2. The second-order valence-electron chi connectivity index (χ2n) is 8.50. The van der Waals surface area contributed by atoms with Crippen molar-refractivity contribution in [3.8, 4) is 5.75 Å². The van der Waals surface area contributed by atoms with Gasteiger partial charge < -0.3 is 15.5 Å². The van der Waals surface area contributed by atoms with Gasteiger partial charge in [0.2, 0.25) is 0 Å². The Kier molecular flexibility index (Phi) is 7.63. The van der Waals surface area contributed by atoms with Gasteiger partial charge in [0.05, 0.1) is 6.61 Å². The lowest BCUT2D eigenvalue weighted by molar-refractivity contribution is 0.0981. The summed E-state index contributed by atoms with van der Waals surface area (Å²) in [6.07, 6.45) is 2.24. The maximum atomic E-state index is 13.6. The van der Waals surface area contributed by atoms with Crippen LogP contribution in [0.25, 0.3) is 10.9 Å². The first-order valence-corrected chi connectivity index (χ1v) is 11.5. The van der Waals surface area contributed by atoms with E-state index in [9.17, 15) is 14.4 Å². The highest BCUT2D eigenvalue weighted by Gasteiger charge is 2.26. The predicted molar refractivity (Wildman–Crippen MR) is 131 cm³/mol. The van der Waals surface area contributed by atoms with E-state index < -0.39 is 11.2 Å². The van der Waals surface area contributed by atoms with Crippen LogP contribution < -0.4 is 26.6 Å². The number of amides is 1. The van der Waals surface area contributed by atoms with Crippen molar-refractivity contribution in [3.05, 3.63) is 50.8 Å². The molecule has 0 fully saturated rings. The number of nitrogen functional groups attached to an aromatic ring is 1. The Morgan fingerprint density at radius 1 is 1.18 bits per heavy atom. The molecule has 178 valence electrons. The first-order valence-electron chi connectivity index (χ1n) is 11.5. The van der Waals surface area contributed by atoms with Crippen LogP contribution in [0.3, 0.4) is 0 Å². The van der Waals surface area contributed by atoms with E-state index in [1.54, 1.807) is 6.07 Å². The highest BCUT2D eigenvalue weighted by Crippen LogP contribution is 2.25. The van der Waals surface area contributed by atoms with Gasteiger partial charge in [0.1, 0.15) is 17.3 Å². The Hall–Kier alpha value is -3.49. The van der Waals surface area contributed by atoms with Gasteiger partial charge in [-0.1, -0.05) is 27.2 Å². The molecule has 33 heavy (non-hydrogen) atoms. The van der Waals surface area contributed by atoms with Gasteiger partial charge in [-0.05, 0) is 43.9 Å². The van der Waals surface area contributed by atoms with Crippen molar-refractivity contribution in [1.82, 2.24) is 14.5 Å². The number of unbranched alkanes of at least 4 members (excludes halogenated alkanes) is 1. The number of aromatic nitrogens is 3.